The van der Waals surface area contributed by atoms with E-state index in [0.29, 0.717) is 10.0 Å². The molecule has 0 saturated carbocycles. The average Bonchev–Trinajstić information content (AvgIpc) is 2.45. The van der Waals surface area contributed by atoms with Crippen molar-refractivity contribution in [2.75, 3.05) is 10.8 Å². The molecule has 0 unspecified atom stereocenters. The van der Waals surface area contributed by atoms with Gasteiger partial charge in [-0.3, -0.25) is 9.10 Å². The lowest BCUT2D eigenvalue weighted by Crippen LogP contribution is -2.34. The maximum Gasteiger partial charge on any atom is 0.264 e. The molecule has 0 aromatic heterocycles. The summed E-state index contributed by atoms with van der Waals surface area (Å²) < 4.78 is 26.4. The van der Waals surface area contributed by atoms with Crippen LogP contribution in [0.4, 0.5) is 5.69 Å². The van der Waals surface area contributed by atoms with Gasteiger partial charge in [-0.1, -0.05) is 34.8 Å². The fourth-order valence-electron chi connectivity index (χ4n) is 1.83. The number of halogens is 4. The van der Waals surface area contributed by atoms with Gasteiger partial charge >= 0.3 is 0 Å². The molecule has 2 rings (SSSR count). The molecular formula is C14H9Cl4NO3S. The highest BCUT2D eigenvalue weighted by Crippen LogP contribution is 2.33. The highest BCUT2D eigenvalue weighted by molar-refractivity contribution is 7.92. The zero-order chi connectivity index (χ0) is 17.2. The van der Waals surface area contributed by atoms with E-state index in [2.05, 4.69) is 0 Å². The number of nitrogens with zero attached hydrogens (tertiary/aromatic N) is 1. The number of anilines is 1. The van der Waals surface area contributed by atoms with Gasteiger partial charge in [-0.25, -0.2) is 8.42 Å². The molecule has 23 heavy (non-hydrogen) atoms. The Hall–Kier alpha value is -0.980. The van der Waals surface area contributed by atoms with Crippen LogP contribution in [-0.4, -0.2) is 20.2 Å². The summed E-state index contributed by atoms with van der Waals surface area (Å²) >= 11 is 23.0. The summed E-state index contributed by atoms with van der Waals surface area (Å²) in [6.07, 6.45) is 0. The van der Waals surface area contributed by atoms with Gasteiger partial charge in [0.1, 0.15) is 6.54 Å². The first-order valence-corrected chi connectivity index (χ1v) is 9.08. The number of hydrogen-bond acceptors (Lipinski definition) is 3. The van der Waals surface area contributed by atoms with E-state index in [-0.39, 0.29) is 15.6 Å². The van der Waals surface area contributed by atoms with Crippen LogP contribution in [0, 0.1) is 0 Å². The van der Waals surface area contributed by atoms with E-state index >= 15 is 0 Å². The first-order chi connectivity index (χ1) is 10.7. The van der Waals surface area contributed by atoms with Crippen molar-refractivity contribution in [3.05, 3.63) is 57.5 Å². The molecule has 0 fully saturated rings. The molecule has 2 aromatic carbocycles. The Balaban J connectivity index is 2.57. The smallest absolute Gasteiger partial charge is 0.264 e. The maximum absolute atomic E-state index is 12.8. The van der Waals surface area contributed by atoms with E-state index in [9.17, 15) is 13.2 Å². The predicted octanol–water partition coefficient (Wildman–Crippen LogP) is 4.61. The van der Waals surface area contributed by atoms with Gasteiger partial charge in [0.05, 0.1) is 15.6 Å². The van der Waals surface area contributed by atoms with Crippen molar-refractivity contribution in [1.29, 1.82) is 0 Å². The van der Waals surface area contributed by atoms with E-state index in [4.69, 9.17) is 46.4 Å². The van der Waals surface area contributed by atoms with Gasteiger partial charge in [0.15, 0.2) is 0 Å². The Labute approximate surface area is 153 Å². The molecule has 0 atom stereocenters. The van der Waals surface area contributed by atoms with E-state index in [1.807, 2.05) is 0 Å². The largest absolute Gasteiger partial charge is 0.279 e. The Morgan fingerprint density at radius 2 is 1.52 bits per heavy atom. The Bertz CT molecular complexity index is 838. The fraction of sp³-hybridized carbons (Fsp3) is 0.0714. The Morgan fingerprint density at radius 3 is 2.04 bits per heavy atom. The van der Waals surface area contributed by atoms with E-state index in [0.717, 1.165) is 4.31 Å². The molecule has 0 saturated heterocycles. The zero-order valence-corrected chi connectivity index (χ0v) is 15.2. The first-order valence-electron chi connectivity index (χ1n) is 6.13. The van der Waals surface area contributed by atoms with Gasteiger partial charge in [-0.2, -0.15) is 0 Å². The summed E-state index contributed by atoms with van der Waals surface area (Å²) in [6.45, 7) is -0.576. The van der Waals surface area contributed by atoms with Crippen LogP contribution in [0.3, 0.4) is 0 Å². The number of hydrogen-bond donors (Lipinski definition) is 0. The maximum atomic E-state index is 12.8. The summed E-state index contributed by atoms with van der Waals surface area (Å²) in [4.78, 5) is 11.3. The van der Waals surface area contributed by atoms with Crippen LogP contribution in [0.5, 0.6) is 0 Å². The van der Waals surface area contributed by atoms with Gasteiger partial charge in [0.2, 0.25) is 5.24 Å². The molecule has 0 aliphatic carbocycles. The van der Waals surface area contributed by atoms with Gasteiger partial charge in [-0.15, -0.1) is 0 Å². The van der Waals surface area contributed by atoms with Crippen LogP contribution in [0.2, 0.25) is 15.1 Å². The lowest BCUT2D eigenvalue weighted by Gasteiger charge is -2.24. The SMILES string of the molecule is O=C(Cl)CN(c1ccc(Cl)cc1Cl)S(=O)(=O)c1ccc(Cl)cc1. The molecule has 2 aromatic rings. The molecule has 122 valence electrons. The van der Waals surface area contributed by atoms with Crippen LogP contribution in [-0.2, 0) is 14.8 Å². The minimum Gasteiger partial charge on any atom is -0.279 e. The predicted molar refractivity (Wildman–Crippen MR) is 93.3 cm³/mol. The van der Waals surface area contributed by atoms with Crippen LogP contribution in [0.15, 0.2) is 47.4 Å². The van der Waals surface area contributed by atoms with Crippen molar-refractivity contribution in [2.45, 2.75) is 4.90 Å². The summed E-state index contributed by atoms with van der Waals surface area (Å²) in [5.41, 5.74) is 0.0972. The lowest BCUT2D eigenvalue weighted by molar-refractivity contribution is -0.110. The van der Waals surface area contributed by atoms with E-state index < -0.39 is 21.8 Å². The quantitative estimate of drug-likeness (QED) is 0.674. The molecule has 0 spiro atoms. The summed E-state index contributed by atoms with van der Waals surface area (Å²) in [5.74, 6) is 0. The average molecular weight is 413 g/mol. The second-order valence-electron chi connectivity index (χ2n) is 4.42. The molecule has 0 bridgehead atoms. The van der Waals surface area contributed by atoms with E-state index in [1.54, 1.807) is 0 Å². The Kier molecular flexibility index (Phi) is 5.81. The normalized spacial score (nSPS) is 11.3. The first kappa shape index (κ1) is 18.4. The molecule has 4 nitrogen and oxygen atoms in total. The van der Waals surface area contributed by atoms with Gasteiger partial charge in [-0.05, 0) is 54.1 Å². The van der Waals surface area contributed by atoms with Crippen molar-refractivity contribution in [1.82, 2.24) is 0 Å². The second-order valence-corrected chi connectivity index (χ2v) is 7.98. The number of carbonyl (C=O) groups excluding carboxylic acids is 1. The summed E-state index contributed by atoms with van der Waals surface area (Å²) in [7, 11) is -4.06. The van der Waals surface area contributed by atoms with Crippen molar-refractivity contribution in [2.24, 2.45) is 0 Å². The monoisotopic (exact) mass is 411 g/mol. The van der Waals surface area contributed by atoms with E-state index in [1.165, 1.54) is 42.5 Å². The molecule has 0 aliphatic heterocycles. The zero-order valence-electron chi connectivity index (χ0n) is 11.3. The molecule has 0 radical (unpaired) electrons. The molecule has 0 amide bonds. The third kappa shape index (κ3) is 4.31. The lowest BCUT2D eigenvalue weighted by atomic mass is 10.3. The topological polar surface area (TPSA) is 54.5 Å². The number of sulfonamides is 1. The molecule has 0 N–H and O–H groups in total. The van der Waals surface area contributed by atoms with Crippen LogP contribution in [0.1, 0.15) is 0 Å². The standard InChI is InChI=1S/C14H9Cl4NO3S/c15-9-1-4-11(5-2-9)23(21,22)19(8-14(18)20)13-6-3-10(16)7-12(13)17/h1-7H,8H2. The summed E-state index contributed by atoms with van der Waals surface area (Å²) in [5, 5.41) is -0.0604. The van der Waals surface area contributed by atoms with Crippen LogP contribution >= 0.6 is 46.4 Å². The highest BCUT2D eigenvalue weighted by atomic mass is 35.5. The Morgan fingerprint density at radius 1 is 0.957 bits per heavy atom. The molecule has 0 heterocycles. The van der Waals surface area contributed by atoms with Crippen LogP contribution < -0.4 is 4.31 Å². The third-order valence-corrected chi connectivity index (χ3v) is 5.53. The van der Waals surface area contributed by atoms with Crippen molar-refractivity contribution >= 4 is 67.4 Å². The minimum atomic E-state index is -4.06. The number of carbonyl (C=O) groups is 1. The second kappa shape index (κ2) is 7.28. The number of rotatable bonds is 5. The molecule has 9 heteroatoms. The van der Waals surface area contributed by atoms with Crippen molar-refractivity contribution in [3.63, 3.8) is 0 Å². The third-order valence-electron chi connectivity index (χ3n) is 2.85. The summed E-state index contributed by atoms with van der Waals surface area (Å²) in [6, 6.07) is 9.75. The van der Waals surface area contributed by atoms with Crippen LogP contribution in [0.25, 0.3) is 0 Å². The molecule has 0 aliphatic rings. The van der Waals surface area contributed by atoms with Crippen molar-refractivity contribution in [3.8, 4) is 0 Å². The van der Waals surface area contributed by atoms with Gasteiger partial charge < -0.3 is 0 Å². The van der Waals surface area contributed by atoms with Crippen molar-refractivity contribution < 1.29 is 13.2 Å². The van der Waals surface area contributed by atoms with Gasteiger partial charge in [0, 0.05) is 10.0 Å². The highest BCUT2D eigenvalue weighted by Gasteiger charge is 2.28. The minimum absolute atomic E-state index is 0.0502. The number of benzene rings is 2. The van der Waals surface area contributed by atoms with Gasteiger partial charge in [0.25, 0.3) is 10.0 Å². The molecular weight excluding hydrogens is 404 g/mol. The fourth-order valence-corrected chi connectivity index (χ4v) is 4.15.